The second kappa shape index (κ2) is 6.52. The second-order valence-electron chi connectivity index (χ2n) is 5.40. The minimum atomic E-state index is -3.56. The molecule has 0 aliphatic carbocycles. The summed E-state index contributed by atoms with van der Waals surface area (Å²) >= 11 is 6.04. The summed E-state index contributed by atoms with van der Waals surface area (Å²) in [6.45, 7) is 2.89. The molecule has 1 heterocycles. The van der Waals surface area contributed by atoms with Crippen molar-refractivity contribution in [3.8, 4) is 5.75 Å². The molecule has 0 bridgehead atoms. The van der Waals surface area contributed by atoms with Crippen LogP contribution < -0.4 is 10.5 Å². The van der Waals surface area contributed by atoms with Crippen LogP contribution in [0.25, 0.3) is 0 Å². The van der Waals surface area contributed by atoms with Gasteiger partial charge in [-0.05, 0) is 50.4 Å². The molecule has 0 radical (unpaired) electrons. The fourth-order valence-electron chi connectivity index (χ4n) is 2.62. The van der Waals surface area contributed by atoms with Crippen molar-refractivity contribution in [2.75, 3.05) is 20.2 Å². The van der Waals surface area contributed by atoms with E-state index in [1.807, 2.05) is 6.92 Å². The van der Waals surface area contributed by atoms with Gasteiger partial charge in [-0.1, -0.05) is 11.6 Å². The molecule has 2 N–H and O–H groups in total. The summed E-state index contributed by atoms with van der Waals surface area (Å²) in [5.74, 6) is 0.673. The number of piperidine rings is 1. The van der Waals surface area contributed by atoms with Crippen LogP contribution in [-0.4, -0.2) is 39.0 Å². The number of ether oxygens (including phenoxy) is 1. The van der Waals surface area contributed by atoms with Crippen molar-refractivity contribution >= 4 is 21.6 Å². The number of nitrogens with two attached hydrogens (primary N) is 1. The van der Waals surface area contributed by atoms with Gasteiger partial charge in [0.05, 0.1) is 17.0 Å². The lowest BCUT2D eigenvalue weighted by molar-refractivity contribution is 0.211. The SMILES string of the molecule is COc1ccc(S(=O)(=O)N2CC(CN)CCC2C)cc1Cl. The smallest absolute Gasteiger partial charge is 0.243 e. The van der Waals surface area contributed by atoms with E-state index in [0.29, 0.717) is 23.9 Å². The van der Waals surface area contributed by atoms with Crippen molar-refractivity contribution in [3.05, 3.63) is 23.2 Å². The summed E-state index contributed by atoms with van der Waals surface area (Å²) in [7, 11) is -2.07. The summed E-state index contributed by atoms with van der Waals surface area (Å²) in [5, 5.41) is 0.290. The first-order chi connectivity index (χ1) is 9.90. The van der Waals surface area contributed by atoms with E-state index in [-0.39, 0.29) is 16.9 Å². The summed E-state index contributed by atoms with van der Waals surface area (Å²) in [6, 6.07) is 4.51. The first-order valence-electron chi connectivity index (χ1n) is 6.95. The van der Waals surface area contributed by atoms with E-state index < -0.39 is 10.0 Å². The predicted octanol–water partition coefficient (Wildman–Crippen LogP) is 2.10. The zero-order chi connectivity index (χ0) is 15.6. The molecule has 0 amide bonds. The Hall–Kier alpha value is -0.820. The van der Waals surface area contributed by atoms with Crippen LogP contribution in [0.2, 0.25) is 5.02 Å². The maximum atomic E-state index is 12.8. The summed E-state index contributed by atoms with van der Waals surface area (Å²) in [6.07, 6.45) is 1.79. The van der Waals surface area contributed by atoms with Crippen LogP contribution in [0.4, 0.5) is 0 Å². The van der Waals surface area contributed by atoms with Gasteiger partial charge in [-0.3, -0.25) is 0 Å². The van der Waals surface area contributed by atoms with Crippen LogP contribution in [-0.2, 0) is 10.0 Å². The number of nitrogens with zero attached hydrogens (tertiary/aromatic N) is 1. The van der Waals surface area contributed by atoms with Gasteiger partial charge in [0.2, 0.25) is 10.0 Å². The molecule has 118 valence electrons. The molecule has 2 atom stereocenters. The third-order valence-corrected chi connectivity index (χ3v) is 6.26. The van der Waals surface area contributed by atoms with Crippen LogP contribution in [0.1, 0.15) is 19.8 Å². The van der Waals surface area contributed by atoms with E-state index in [9.17, 15) is 8.42 Å². The van der Waals surface area contributed by atoms with E-state index in [0.717, 1.165) is 12.8 Å². The Morgan fingerprint density at radius 3 is 2.71 bits per heavy atom. The monoisotopic (exact) mass is 332 g/mol. The van der Waals surface area contributed by atoms with Gasteiger partial charge in [-0.25, -0.2) is 8.42 Å². The summed E-state index contributed by atoms with van der Waals surface area (Å²) < 4.78 is 32.2. The van der Waals surface area contributed by atoms with Crippen molar-refractivity contribution in [2.24, 2.45) is 11.7 Å². The van der Waals surface area contributed by atoms with Gasteiger partial charge < -0.3 is 10.5 Å². The second-order valence-corrected chi connectivity index (χ2v) is 7.70. The minimum Gasteiger partial charge on any atom is -0.495 e. The number of methoxy groups -OCH3 is 1. The van der Waals surface area contributed by atoms with E-state index in [4.69, 9.17) is 22.1 Å². The normalized spacial score (nSPS) is 24.0. The molecule has 2 unspecified atom stereocenters. The van der Waals surface area contributed by atoms with Gasteiger partial charge in [0, 0.05) is 12.6 Å². The standard InChI is InChI=1S/C14H21ClN2O3S/c1-10-3-4-11(8-16)9-17(10)21(18,19)12-5-6-14(20-2)13(15)7-12/h5-7,10-11H,3-4,8-9,16H2,1-2H3. The third-order valence-electron chi connectivity index (χ3n) is 3.99. The fourth-order valence-corrected chi connectivity index (χ4v) is 4.70. The average Bonchev–Trinajstić information content (AvgIpc) is 2.47. The molecule has 1 aliphatic rings. The Morgan fingerprint density at radius 2 is 2.14 bits per heavy atom. The lowest BCUT2D eigenvalue weighted by atomic mass is 9.96. The van der Waals surface area contributed by atoms with Crippen LogP contribution >= 0.6 is 11.6 Å². The summed E-state index contributed by atoms with van der Waals surface area (Å²) in [5.41, 5.74) is 5.70. The molecular formula is C14H21ClN2O3S. The molecule has 0 saturated carbocycles. The van der Waals surface area contributed by atoms with Crippen LogP contribution in [0, 0.1) is 5.92 Å². The maximum Gasteiger partial charge on any atom is 0.243 e. The summed E-state index contributed by atoms with van der Waals surface area (Å²) in [4.78, 5) is 0.192. The molecule has 1 aliphatic heterocycles. The molecule has 0 aromatic heterocycles. The predicted molar refractivity (Wildman–Crippen MR) is 83.1 cm³/mol. The van der Waals surface area contributed by atoms with E-state index in [1.165, 1.54) is 23.5 Å². The average molecular weight is 333 g/mol. The highest BCUT2D eigenvalue weighted by atomic mass is 35.5. The molecule has 5 nitrogen and oxygen atoms in total. The van der Waals surface area contributed by atoms with Crippen LogP contribution in [0.3, 0.4) is 0 Å². The highest BCUT2D eigenvalue weighted by molar-refractivity contribution is 7.89. The van der Waals surface area contributed by atoms with Crippen LogP contribution in [0.15, 0.2) is 23.1 Å². The molecule has 1 aromatic carbocycles. The Balaban J connectivity index is 2.34. The molecule has 21 heavy (non-hydrogen) atoms. The van der Waals surface area contributed by atoms with Crippen molar-refractivity contribution in [1.82, 2.24) is 4.31 Å². The molecule has 0 spiro atoms. The Kier molecular flexibility index (Phi) is 5.14. The molecule has 7 heteroatoms. The Labute approximate surface area is 131 Å². The van der Waals surface area contributed by atoms with Gasteiger partial charge in [-0.15, -0.1) is 0 Å². The largest absolute Gasteiger partial charge is 0.495 e. The number of hydrogen-bond acceptors (Lipinski definition) is 4. The van der Waals surface area contributed by atoms with Crippen molar-refractivity contribution in [1.29, 1.82) is 0 Å². The van der Waals surface area contributed by atoms with Gasteiger partial charge in [0.15, 0.2) is 0 Å². The highest BCUT2D eigenvalue weighted by Crippen LogP contribution is 2.31. The topological polar surface area (TPSA) is 72.6 Å². The molecule has 1 aromatic rings. The maximum absolute atomic E-state index is 12.8. The van der Waals surface area contributed by atoms with Crippen molar-refractivity contribution in [3.63, 3.8) is 0 Å². The Bertz CT molecular complexity index is 606. The van der Waals surface area contributed by atoms with Crippen molar-refractivity contribution in [2.45, 2.75) is 30.7 Å². The zero-order valence-electron chi connectivity index (χ0n) is 12.3. The van der Waals surface area contributed by atoms with E-state index in [1.54, 1.807) is 6.07 Å². The quantitative estimate of drug-likeness (QED) is 0.916. The number of hydrogen-bond donors (Lipinski definition) is 1. The van der Waals surface area contributed by atoms with Gasteiger partial charge >= 0.3 is 0 Å². The number of benzene rings is 1. The first kappa shape index (κ1) is 16.5. The van der Waals surface area contributed by atoms with Crippen molar-refractivity contribution < 1.29 is 13.2 Å². The van der Waals surface area contributed by atoms with E-state index >= 15 is 0 Å². The molecular weight excluding hydrogens is 312 g/mol. The molecule has 1 fully saturated rings. The number of rotatable bonds is 4. The number of halogens is 1. The fraction of sp³-hybridized carbons (Fsp3) is 0.571. The van der Waals surface area contributed by atoms with Gasteiger partial charge in [0.1, 0.15) is 5.75 Å². The zero-order valence-corrected chi connectivity index (χ0v) is 13.8. The lowest BCUT2D eigenvalue weighted by Gasteiger charge is -2.36. The van der Waals surface area contributed by atoms with E-state index in [2.05, 4.69) is 0 Å². The third kappa shape index (κ3) is 3.34. The molecule has 2 rings (SSSR count). The number of sulfonamides is 1. The highest BCUT2D eigenvalue weighted by Gasteiger charge is 2.34. The first-order valence-corrected chi connectivity index (χ1v) is 8.77. The minimum absolute atomic E-state index is 0.0290. The lowest BCUT2D eigenvalue weighted by Crippen LogP contribution is -2.46. The van der Waals surface area contributed by atoms with Crippen LogP contribution in [0.5, 0.6) is 5.75 Å². The van der Waals surface area contributed by atoms with Gasteiger partial charge in [0.25, 0.3) is 0 Å². The van der Waals surface area contributed by atoms with Gasteiger partial charge in [-0.2, -0.15) is 4.31 Å². The molecule has 1 saturated heterocycles. The Morgan fingerprint density at radius 1 is 1.43 bits per heavy atom.